The van der Waals surface area contributed by atoms with Gasteiger partial charge < -0.3 is 14.4 Å². The van der Waals surface area contributed by atoms with Crippen molar-refractivity contribution in [3.8, 4) is 11.8 Å². The van der Waals surface area contributed by atoms with Gasteiger partial charge in [-0.2, -0.15) is 5.26 Å². The van der Waals surface area contributed by atoms with Gasteiger partial charge in [0, 0.05) is 18.3 Å². The second kappa shape index (κ2) is 11.8. The maximum atomic E-state index is 12.4. The zero-order valence-electron chi connectivity index (χ0n) is 16.0. The lowest BCUT2D eigenvalue weighted by atomic mass is 10.2. The summed E-state index contributed by atoms with van der Waals surface area (Å²) in [6.45, 7) is 3.83. The van der Waals surface area contributed by atoms with E-state index in [1.165, 1.54) is 11.0 Å². The fourth-order valence-electron chi connectivity index (χ4n) is 2.42. The number of rotatable bonds is 10. The molecule has 2 rings (SSSR count). The normalized spacial score (nSPS) is 10.2. The quantitative estimate of drug-likeness (QED) is 0.351. The van der Waals surface area contributed by atoms with Crippen LogP contribution in [0.25, 0.3) is 6.08 Å². The number of ether oxygens (including phenoxy) is 2. The van der Waals surface area contributed by atoms with Gasteiger partial charge in [0.1, 0.15) is 12.4 Å². The SMILES string of the molecule is C=CCOc1ccc(/C=C/C(=O)OCC(=O)N(CCC#N)c2ccccc2)cc1. The number of carbonyl (C=O) groups excluding carboxylic acids is 2. The van der Waals surface area contributed by atoms with Gasteiger partial charge in [0.25, 0.3) is 5.91 Å². The molecule has 0 aliphatic rings. The second-order valence-corrected chi connectivity index (χ2v) is 5.90. The molecule has 0 aliphatic carbocycles. The van der Waals surface area contributed by atoms with Crippen LogP contribution in [0.3, 0.4) is 0 Å². The Kier molecular flexibility index (Phi) is 8.71. The van der Waals surface area contributed by atoms with Crippen molar-refractivity contribution in [2.45, 2.75) is 6.42 Å². The van der Waals surface area contributed by atoms with Gasteiger partial charge in [-0.1, -0.05) is 43.0 Å². The molecule has 0 atom stereocenters. The Hall–Kier alpha value is -3.85. The topological polar surface area (TPSA) is 79.6 Å². The van der Waals surface area contributed by atoms with E-state index in [0.29, 0.717) is 18.0 Å². The molecule has 6 nitrogen and oxygen atoms in total. The Balaban J connectivity index is 1.89. The van der Waals surface area contributed by atoms with Crippen molar-refractivity contribution in [2.24, 2.45) is 0 Å². The average molecular weight is 390 g/mol. The summed E-state index contributed by atoms with van der Waals surface area (Å²) in [4.78, 5) is 25.8. The van der Waals surface area contributed by atoms with E-state index in [4.69, 9.17) is 14.7 Å². The van der Waals surface area contributed by atoms with E-state index in [1.807, 2.05) is 12.1 Å². The molecular weight excluding hydrogens is 368 g/mol. The number of benzene rings is 2. The van der Waals surface area contributed by atoms with Gasteiger partial charge in [0.05, 0.1) is 12.5 Å². The smallest absolute Gasteiger partial charge is 0.331 e. The summed E-state index contributed by atoms with van der Waals surface area (Å²) in [5, 5.41) is 8.81. The van der Waals surface area contributed by atoms with Crippen molar-refractivity contribution < 1.29 is 19.1 Å². The fourth-order valence-corrected chi connectivity index (χ4v) is 2.42. The molecule has 0 N–H and O–H groups in total. The number of carbonyl (C=O) groups is 2. The minimum absolute atomic E-state index is 0.182. The van der Waals surface area contributed by atoms with E-state index in [9.17, 15) is 9.59 Å². The van der Waals surface area contributed by atoms with Crippen molar-refractivity contribution in [1.82, 2.24) is 0 Å². The molecule has 6 heteroatoms. The molecule has 0 bridgehead atoms. The lowest BCUT2D eigenvalue weighted by Crippen LogP contribution is -2.35. The highest BCUT2D eigenvalue weighted by Crippen LogP contribution is 2.15. The van der Waals surface area contributed by atoms with E-state index in [1.54, 1.807) is 60.7 Å². The van der Waals surface area contributed by atoms with Crippen molar-refractivity contribution >= 4 is 23.6 Å². The van der Waals surface area contributed by atoms with Crippen LogP contribution in [0.2, 0.25) is 0 Å². The molecule has 2 aromatic carbocycles. The maximum Gasteiger partial charge on any atom is 0.331 e. The molecule has 0 saturated carbocycles. The molecule has 0 aromatic heterocycles. The largest absolute Gasteiger partial charge is 0.490 e. The van der Waals surface area contributed by atoms with Crippen LogP contribution in [0, 0.1) is 11.3 Å². The first kappa shape index (κ1) is 21.5. The predicted octanol–water partition coefficient (Wildman–Crippen LogP) is 3.75. The highest BCUT2D eigenvalue weighted by Gasteiger charge is 2.16. The molecular formula is C23H22N2O4. The predicted molar refractivity (Wildman–Crippen MR) is 111 cm³/mol. The van der Waals surface area contributed by atoms with Gasteiger partial charge in [0.2, 0.25) is 0 Å². The maximum absolute atomic E-state index is 12.4. The first-order chi connectivity index (χ1) is 14.1. The van der Waals surface area contributed by atoms with Gasteiger partial charge in [0.15, 0.2) is 6.61 Å². The second-order valence-electron chi connectivity index (χ2n) is 5.90. The molecule has 0 heterocycles. The first-order valence-electron chi connectivity index (χ1n) is 9.05. The van der Waals surface area contributed by atoms with Crippen molar-refractivity contribution in [3.05, 3.63) is 78.9 Å². The minimum atomic E-state index is -0.626. The Labute approximate surface area is 170 Å². The van der Waals surface area contributed by atoms with Crippen LogP contribution >= 0.6 is 0 Å². The summed E-state index contributed by atoms with van der Waals surface area (Å²) in [6, 6.07) is 18.1. The Bertz CT molecular complexity index is 883. The third-order valence-corrected chi connectivity index (χ3v) is 3.81. The zero-order valence-corrected chi connectivity index (χ0v) is 16.0. The van der Waals surface area contributed by atoms with Crippen LogP contribution < -0.4 is 9.64 Å². The molecule has 1 amide bonds. The average Bonchev–Trinajstić information content (AvgIpc) is 2.76. The molecule has 0 fully saturated rings. The molecule has 148 valence electrons. The van der Waals surface area contributed by atoms with Gasteiger partial charge in [-0.05, 0) is 35.9 Å². The van der Waals surface area contributed by atoms with Crippen molar-refractivity contribution in [2.75, 3.05) is 24.7 Å². The molecule has 2 aromatic rings. The van der Waals surface area contributed by atoms with Crippen LogP contribution in [-0.4, -0.2) is 31.6 Å². The van der Waals surface area contributed by atoms with Gasteiger partial charge in [-0.3, -0.25) is 4.79 Å². The number of para-hydroxylation sites is 1. The van der Waals surface area contributed by atoms with Crippen molar-refractivity contribution in [3.63, 3.8) is 0 Å². The summed E-state index contributed by atoms with van der Waals surface area (Å²) in [6.07, 6.45) is 4.69. The zero-order chi connectivity index (χ0) is 20.9. The summed E-state index contributed by atoms with van der Waals surface area (Å²) >= 11 is 0. The summed E-state index contributed by atoms with van der Waals surface area (Å²) in [5.74, 6) is -0.316. The lowest BCUT2D eigenvalue weighted by molar-refractivity contribution is -0.142. The third kappa shape index (κ3) is 7.35. The number of hydrogen-bond acceptors (Lipinski definition) is 5. The molecule has 29 heavy (non-hydrogen) atoms. The summed E-state index contributed by atoms with van der Waals surface area (Å²) in [5.41, 5.74) is 1.44. The number of esters is 1. The standard InChI is InChI=1S/C23H22N2O4/c1-2-17-28-21-12-9-19(10-13-21)11-14-23(27)29-18-22(26)25(16-6-15-24)20-7-4-3-5-8-20/h2-5,7-14H,1,6,16-18H2/b14-11+. The van der Waals surface area contributed by atoms with E-state index in [2.05, 4.69) is 6.58 Å². The Morgan fingerprint density at radius 2 is 1.83 bits per heavy atom. The van der Waals surface area contributed by atoms with Gasteiger partial charge >= 0.3 is 5.97 Å². The summed E-state index contributed by atoms with van der Waals surface area (Å²) in [7, 11) is 0. The van der Waals surface area contributed by atoms with Gasteiger partial charge in [-0.25, -0.2) is 4.79 Å². The van der Waals surface area contributed by atoms with Crippen LogP contribution in [0.1, 0.15) is 12.0 Å². The highest BCUT2D eigenvalue weighted by molar-refractivity contribution is 5.96. The molecule has 0 unspecified atom stereocenters. The number of hydrogen-bond donors (Lipinski definition) is 0. The number of nitrogens with zero attached hydrogens (tertiary/aromatic N) is 2. The van der Waals surface area contributed by atoms with Crippen molar-refractivity contribution in [1.29, 1.82) is 5.26 Å². The number of anilines is 1. The highest BCUT2D eigenvalue weighted by atomic mass is 16.5. The fraction of sp³-hybridized carbons (Fsp3) is 0.174. The first-order valence-corrected chi connectivity index (χ1v) is 9.05. The minimum Gasteiger partial charge on any atom is -0.490 e. The summed E-state index contributed by atoms with van der Waals surface area (Å²) < 4.78 is 10.4. The third-order valence-electron chi connectivity index (χ3n) is 3.81. The number of amides is 1. The Morgan fingerprint density at radius 3 is 2.48 bits per heavy atom. The number of nitriles is 1. The van der Waals surface area contributed by atoms with E-state index in [-0.39, 0.29) is 13.0 Å². The van der Waals surface area contributed by atoms with Gasteiger partial charge in [-0.15, -0.1) is 0 Å². The lowest BCUT2D eigenvalue weighted by Gasteiger charge is -2.21. The van der Waals surface area contributed by atoms with Crippen LogP contribution in [-0.2, 0) is 14.3 Å². The Morgan fingerprint density at radius 1 is 1.10 bits per heavy atom. The van der Waals surface area contributed by atoms with E-state index >= 15 is 0 Å². The van der Waals surface area contributed by atoms with Crippen LogP contribution in [0.4, 0.5) is 5.69 Å². The van der Waals surface area contributed by atoms with Crippen LogP contribution in [0.15, 0.2) is 73.3 Å². The van der Waals surface area contributed by atoms with E-state index in [0.717, 1.165) is 5.56 Å². The van der Waals surface area contributed by atoms with Crippen LogP contribution in [0.5, 0.6) is 5.75 Å². The molecule has 0 aliphatic heterocycles. The molecule has 0 radical (unpaired) electrons. The molecule has 0 spiro atoms. The molecule has 0 saturated heterocycles. The van der Waals surface area contributed by atoms with E-state index < -0.39 is 18.5 Å². The monoisotopic (exact) mass is 390 g/mol.